The molecule has 0 saturated carbocycles. The van der Waals surface area contributed by atoms with E-state index in [9.17, 15) is 14.3 Å². The second-order valence-corrected chi connectivity index (χ2v) is 8.22. The number of ether oxygens (including phenoxy) is 1. The quantitative estimate of drug-likeness (QED) is 0.742. The van der Waals surface area contributed by atoms with Gasteiger partial charge in [0.2, 0.25) is 0 Å². The van der Waals surface area contributed by atoms with Crippen LogP contribution in [-0.4, -0.2) is 61.4 Å². The molecule has 2 aromatic rings. The molecule has 0 spiro atoms. The minimum atomic E-state index is -0.421. The number of benzene rings is 2. The number of nitrogens with zero attached hydrogens (tertiary/aromatic N) is 2. The summed E-state index contributed by atoms with van der Waals surface area (Å²) >= 11 is 0. The number of carbonyl (C=O) groups excluding carboxylic acids is 1. The van der Waals surface area contributed by atoms with E-state index in [2.05, 4.69) is 21.2 Å². The lowest BCUT2D eigenvalue weighted by molar-refractivity contribution is 0.0790. The molecule has 2 aromatic carbocycles. The zero-order valence-corrected chi connectivity index (χ0v) is 17.7. The number of nitrogens with one attached hydrogen (secondary N) is 1. The van der Waals surface area contributed by atoms with Gasteiger partial charge in [-0.2, -0.15) is 0 Å². The molecule has 2 saturated heterocycles. The normalized spacial score (nSPS) is 18.2. The highest BCUT2D eigenvalue weighted by Gasteiger charge is 2.21. The van der Waals surface area contributed by atoms with E-state index in [0.717, 1.165) is 49.3 Å². The first-order valence-corrected chi connectivity index (χ1v) is 11.0. The van der Waals surface area contributed by atoms with Crippen LogP contribution in [0.15, 0.2) is 42.5 Å². The summed E-state index contributed by atoms with van der Waals surface area (Å²) < 4.78 is 19.3. The van der Waals surface area contributed by atoms with E-state index in [1.807, 2.05) is 18.2 Å². The molecule has 31 heavy (non-hydrogen) atoms. The Balaban J connectivity index is 1.44. The van der Waals surface area contributed by atoms with Crippen LogP contribution < -0.4 is 10.2 Å². The molecule has 166 valence electrons. The molecule has 2 aliphatic rings. The van der Waals surface area contributed by atoms with Crippen molar-refractivity contribution in [2.45, 2.75) is 32.0 Å². The maximum Gasteiger partial charge on any atom is 0.253 e. The van der Waals surface area contributed by atoms with Crippen molar-refractivity contribution in [3.05, 3.63) is 65.0 Å². The number of halogens is 1. The van der Waals surface area contributed by atoms with Crippen molar-refractivity contribution in [1.82, 2.24) is 10.2 Å². The number of morpholine rings is 1. The van der Waals surface area contributed by atoms with Crippen LogP contribution in [0.5, 0.6) is 0 Å². The Morgan fingerprint density at radius 1 is 1.06 bits per heavy atom. The smallest absolute Gasteiger partial charge is 0.253 e. The number of aliphatic hydroxyl groups excluding tert-OH is 1. The SMILES string of the molecule is O=C(NCc1ccccc1CN1CCC(O)CC1)c1cc(F)ccc1N1CCOCC1. The van der Waals surface area contributed by atoms with Crippen LogP contribution in [0.25, 0.3) is 0 Å². The molecule has 1 amide bonds. The second kappa shape index (κ2) is 10.2. The average Bonchev–Trinajstić information content (AvgIpc) is 2.80. The van der Waals surface area contributed by atoms with Gasteiger partial charge in [-0.15, -0.1) is 0 Å². The first-order chi connectivity index (χ1) is 15.1. The van der Waals surface area contributed by atoms with E-state index < -0.39 is 5.82 Å². The standard InChI is InChI=1S/C24H30FN3O3/c25-20-5-6-23(28-11-13-31-14-12-28)22(15-20)24(30)26-16-18-3-1-2-4-19(18)17-27-9-7-21(29)8-10-27/h1-6,15,21,29H,7-14,16-17H2,(H,26,30). The van der Waals surface area contributed by atoms with E-state index in [4.69, 9.17) is 4.74 Å². The zero-order chi connectivity index (χ0) is 21.6. The predicted octanol–water partition coefficient (Wildman–Crippen LogP) is 2.55. The second-order valence-electron chi connectivity index (χ2n) is 8.22. The van der Waals surface area contributed by atoms with Crippen LogP contribution in [0.2, 0.25) is 0 Å². The average molecular weight is 428 g/mol. The molecule has 0 aliphatic carbocycles. The number of carbonyl (C=O) groups is 1. The van der Waals surface area contributed by atoms with Gasteiger partial charge in [-0.25, -0.2) is 4.39 Å². The number of hydrogen-bond donors (Lipinski definition) is 2. The van der Waals surface area contributed by atoms with Crippen LogP contribution in [0.4, 0.5) is 10.1 Å². The molecule has 0 unspecified atom stereocenters. The van der Waals surface area contributed by atoms with Crippen molar-refractivity contribution in [1.29, 1.82) is 0 Å². The monoisotopic (exact) mass is 427 g/mol. The summed E-state index contributed by atoms with van der Waals surface area (Å²) in [5.41, 5.74) is 3.30. The van der Waals surface area contributed by atoms with Gasteiger partial charge in [0.1, 0.15) is 5.82 Å². The predicted molar refractivity (Wildman–Crippen MR) is 118 cm³/mol. The summed E-state index contributed by atoms with van der Waals surface area (Å²) in [4.78, 5) is 17.4. The number of anilines is 1. The highest BCUT2D eigenvalue weighted by molar-refractivity contribution is 5.99. The third-order valence-electron chi connectivity index (χ3n) is 6.06. The van der Waals surface area contributed by atoms with Crippen molar-refractivity contribution >= 4 is 11.6 Å². The van der Waals surface area contributed by atoms with E-state index in [1.165, 1.54) is 12.1 Å². The highest BCUT2D eigenvalue weighted by atomic mass is 19.1. The minimum Gasteiger partial charge on any atom is -0.393 e. The Labute approximate surface area is 182 Å². The van der Waals surface area contributed by atoms with Crippen LogP contribution >= 0.6 is 0 Å². The summed E-state index contributed by atoms with van der Waals surface area (Å²) in [5, 5.41) is 12.7. The lowest BCUT2D eigenvalue weighted by Crippen LogP contribution is -2.38. The third kappa shape index (κ3) is 5.61. The Bertz CT molecular complexity index is 893. The van der Waals surface area contributed by atoms with Crippen molar-refractivity contribution in [2.24, 2.45) is 0 Å². The zero-order valence-electron chi connectivity index (χ0n) is 17.7. The molecular weight excluding hydrogens is 397 g/mol. The lowest BCUT2D eigenvalue weighted by atomic mass is 10.0. The molecule has 7 heteroatoms. The van der Waals surface area contributed by atoms with Crippen molar-refractivity contribution in [3.63, 3.8) is 0 Å². The molecule has 0 atom stereocenters. The Kier molecular flexibility index (Phi) is 7.17. The van der Waals surface area contributed by atoms with Gasteiger partial charge in [0.05, 0.1) is 24.9 Å². The van der Waals surface area contributed by atoms with E-state index in [-0.39, 0.29) is 12.0 Å². The van der Waals surface area contributed by atoms with Crippen LogP contribution in [0, 0.1) is 5.82 Å². The van der Waals surface area contributed by atoms with Gasteiger partial charge in [-0.1, -0.05) is 24.3 Å². The lowest BCUT2D eigenvalue weighted by Gasteiger charge is -2.30. The van der Waals surface area contributed by atoms with E-state index in [1.54, 1.807) is 6.07 Å². The summed E-state index contributed by atoms with van der Waals surface area (Å²) in [5.74, 6) is -0.702. The van der Waals surface area contributed by atoms with Crippen molar-refractivity contribution in [2.75, 3.05) is 44.3 Å². The molecule has 0 radical (unpaired) electrons. The molecule has 6 nitrogen and oxygen atoms in total. The molecule has 0 bridgehead atoms. The number of rotatable bonds is 6. The molecule has 4 rings (SSSR count). The van der Waals surface area contributed by atoms with E-state index >= 15 is 0 Å². The fourth-order valence-corrected chi connectivity index (χ4v) is 4.24. The van der Waals surface area contributed by atoms with Gasteiger partial charge in [0.25, 0.3) is 5.91 Å². The van der Waals surface area contributed by atoms with Gasteiger partial charge in [-0.3, -0.25) is 9.69 Å². The van der Waals surface area contributed by atoms with Crippen LogP contribution in [-0.2, 0) is 17.8 Å². The summed E-state index contributed by atoms with van der Waals surface area (Å²) in [7, 11) is 0. The molecule has 0 aromatic heterocycles. The maximum atomic E-state index is 13.9. The molecule has 2 heterocycles. The molecular formula is C24H30FN3O3. The summed E-state index contributed by atoms with van der Waals surface area (Å²) in [6.07, 6.45) is 1.39. The number of piperidine rings is 1. The van der Waals surface area contributed by atoms with Crippen LogP contribution in [0.1, 0.15) is 34.3 Å². The number of hydrogen-bond acceptors (Lipinski definition) is 5. The molecule has 2 N–H and O–H groups in total. The third-order valence-corrected chi connectivity index (χ3v) is 6.06. The Hall–Kier alpha value is -2.48. The fraction of sp³-hybridized carbons (Fsp3) is 0.458. The van der Waals surface area contributed by atoms with Gasteiger partial charge in [0, 0.05) is 45.0 Å². The fourth-order valence-electron chi connectivity index (χ4n) is 4.24. The Morgan fingerprint density at radius 2 is 1.77 bits per heavy atom. The summed E-state index contributed by atoms with van der Waals surface area (Å²) in [6.45, 7) is 5.46. The van der Waals surface area contributed by atoms with Gasteiger partial charge in [-0.05, 0) is 42.2 Å². The van der Waals surface area contributed by atoms with Gasteiger partial charge >= 0.3 is 0 Å². The Morgan fingerprint density at radius 3 is 2.52 bits per heavy atom. The minimum absolute atomic E-state index is 0.197. The number of amides is 1. The largest absolute Gasteiger partial charge is 0.393 e. The topological polar surface area (TPSA) is 65.0 Å². The highest BCUT2D eigenvalue weighted by Crippen LogP contribution is 2.23. The number of likely N-dealkylation sites (tertiary alicyclic amines) is 1. The van der Waals surface area contributed by atoms with Gasteiger partial charge < -0.3 is 20.1 Å². The van der Waals surface area contributed by atoms with Crippen molar-refractivity contribution in [3.8, 4) is 0 Å². The molecule has 2 fully saturated rings. The van der Waals surface area contributed by atoms with E-state index in [0.29, 0.717) is 38.4 Å². The first-order valence-electron chi connectivity index (χ1n) is 11.0. The van der Waals surface area contributed by atoms with Crippen molar-refractivity contribution < 1.29 is 19.0 Å². The first kappa shape index (κ1) is 21.7. The van der Waals surface area contributed by atoms with Gasteiger partial charge in [0.15, 0.2) is 0 Å². The van der Waals surface area contributed by atoms with Crippen LogP contribution in [0.3, 0.4) is 0 Å². The molecule has 2 aliphatic heterocycles. The maximum absolute atomic E-state index is 13.9. The summed E-state index contributed by atoms with van der Waals surface area (Å²) in [6, 6.07) is 12.4. The number of aliphatic hydroxyl groups is 1.